The molecule has 11 heteroatoms. The van der Waals surface area contributed by atoms with E-state index in [2.05, 4.69) is 20.3 Å². The van der Waals surface area contributed by atoms with Gasteiger partial charge in [0.2, 0.25) is 11.8 Å². The van der Waals surface area contributed by atoms with Crippen LogP contribution in [-0.2, 0) is 6.42 Å². The number of nitrogen functional groups attached to an aromatic ring is 2. The third-order valence-electron chi connectivity index (χ3n) is 3.34. The lowest BCUT2D eigenvalue weighted by Gasteiger charge is -2.09. The number of hydrogen-bond acceptors (Lipinski definition) is 8. The van der Waals surface area contributed by atoms with Crippen LogP contribution in [0.4, 0.5) is 23.3 Å². The Labute approximate surface area is 140 Å². The summed E-state index contributed by atoms with van der Waals surface area (Å²) in [6, 6.07) is 3.07. The van der Waals surface area contributed by atoms with Crippen LogP contribution >= 0.6 is 11.6 Å². The number of pyridine rings is 1. The third kappa shape index (κ3) is 2.99. The van der Waals surface area contributed by atoms with Crippen LogP contribution in [0.15, 0.2) is 24.5 Å². The molecule has 3 heterocycles. The molecular weight excluding hydrogens is 336 g/mol. The maximum absolute atomic E-state index is 11.2. The van der Waals surface area contributed by atoms with Gasteiger partial charge in [0.25, 0.3) is 0 Å². The number of anilines is 3. The van der Waals surface area contributed by atoms with E-state index in [1.165, 1.54) is 6.07 Å². The normalized spacial score (nSPS) is 10.9. The molecule has 0 spiro atoms. The minimum absolute atomic E-state index is 0.131. The van der Waals surface area contributed by atoms with E-state index in [0.717, 1.165) is 0 Å². The lowest BCUT2D eigenvalue weighted by Crippen LogP contribution is -2.12. The van der Waals surface area contributed by atoms with Gasteiger partial charge in [0.15, 0.2) is 0 Å². The molecule has 0 unspecified atom stereocenters. The smallest absolute Gasteiger partial charge is 0.314 e. The fraction of sp³-hybridized carbons (Fsp3) is 0.154. The zero-order chi connectivity index (χ0) is 17.3. The van der Waals surface area contributed by atoms with Crippen molar-refractivity contribution in [3.05, 3.63) is 45.4 Å². The molecule has 0 amide bonds. The first kappa shape index (κ1) is 15.7. The topological polar surface area (TPSA) is 150 Å². The predicted molar refractivity (Wildman–Crippen MR) is 89.9 cm³/mol. The Balaban J connectivity index is 1.82. The van der Waals surface area contributed by atoms with Gasteiger partial charge in [-0.3, -0.25) is 14.5 Å². The maximum Gasteiger partial charge on any atom is 0.314 e. The highest BCUT2D eigenvalue weighted by molar-refractivity contribution is 6.29. The number of nitrogens with one attached hydrogen (secondary N) is 1. The summed E-state index contributed by atoms with van der Waals surface area (Å²) in [5, 5.41) is 14.5. The summed E-state index contributed by atoms with van der Waals surface area (Å²) in [6.07, 6.45) is 3.65. The number of hydrogen-bond donors (Lipinski definition) is 3. The monoisotopic (exact) mass is 348 g/mol. The Morgan fingerprint density at radius 2 is 2.12 bits per heavy atom. The van der Waals surface area contributed by atoms with Crippen molar-refractivity contribution >= 4 is 40.5 Å². The summed E-state index contributed by atoms with van der Waals surface area (Å²) >= 11 is 5.95. The van der Waals surface area contributed by atoms with Gasteiger partial charge in [-0.15, -0.1) is 0 Å². The second-order valence-corrected chi connectivity index (χ2v) is 5.32. The van der Waals surface area contributed by atoms with Gasteiger partial charge >= 0.3 is 5.69 Å². The van der Waals surface area contributed by atoms with Crippen LogP contribution < -0.4 is 16.8 Å². The molecule has 0 bridgehead atoms. The highest BCUT2D eigenvalue weighted by Gasteiger charge is 2.20. The standard InChI is InChI=1S/C13H13ClN8O2/c14-8-6-10-17-3-4-21(10)13(19-8)18-2-1-7-5-9(15)20-12(16)11(7)22(23)24/h3-6H,1-2H2,(H,18,19)(H4,15,16,20). The molecule has 0 aromatic carbocycles. The van der Waals surface area contributed by atoms with E-state index >= 15 is 0 Å². The van der Waals surface area contributed by atoms with Crippen LogP contribution in [0.2, 0.25) is 5.15 Å². The molecule has 124 valence electrons. The van der Waals surface area contributed by atoms with Crippen molar-refractivity contribution in [3.8, 4) is 0 Å². The molecule has 0 aliphatic carbocycles. The first-order valence-corrected chi connectivity index (χ1v) is 7.26. The van der Waals surface area contributed by atoms with Gasteiger partial charge in [-0.25, -0.2) is 15.0 Å². The molecule has 3 aromatic rings. The number of nitrogens with zero attached hydrogens (tertiary/aromatic N) is 5. The number of aromatic nitrogens is 4. The second kappa shape index (κ2) is 6.16. The molecule has 0 fully saturated rings. The Bertz CT molecular complexity index is 926. The lowest BCUT2D eigenvalue weighted by molar-refractivity contribution is -0.384. The average molecular weight is 349 g/mol. The summed E-state index contributed by atoms with van der Waals surface area (Å²) in [6.45, 7) is 0.352. The van der Waals surface area contributed by atoms with Crippen LogP contribution in [0.1, 0.15) is 5.56 Å². The minimum Gasteiger partial charge on any atom is -0.384 e. The van der Waals surface area contributed by atoms with Crippen molar-refractivity contribution in [1.29, 1.82) is 0 Å². The number of halogens is 1. The molecule has 3 rings (SSSR count). The number of nitrogens with two attached hydrogens (primary N) is 2. The summed E-state index contributed by atoms with van der Waals surface area (Å²) < 4.78 is 1.72. The van der Waals surface area contributed by atoms with Gasteiger partial charge in [0, 0.05) is 30.6 Å². The van der Waals surface area contributed by atoms with Crippen molar-refractivity contribution in [1.82, 2.24) is 19.4 Å². The van der Waals surface area contributed by atoms with Crippen LogP contribution in [0.25, 0.3) is 5.65 Å². The Hall–Kier alpha value is -3.14. The van der Waals surface area contributed by atoms with Crippen LogP contribution in [0.5, 0.6) is 0 Å². The number of nitro groups is 1. The molecule has 5 N–H and O–H groups in total. The van der Waals surface area contributed by atoms with Crippen molar-refractivity contribution in [2.24, 2.45) is 0 Å². The quantitative estimate of drug-likeness (QED) is 0.356. The van der Waals surface area contributed by atoms with E-state index in [1.807, 2.05) is 0 Å². The predicted octanol–water partition coefficient (Wildman–Crippen LogP) is 1.50. The van der Waals surface area contributed by atoms with Crippen molar-refractivity contribution < 1.29 is 4.92 Å². The van der Waals surface area contributed by atoms with Gasteiger partial charge in [0.05, 0.1) is 4.92 Å². The highest BCUT2D eigenvalue weighted by atomic mass is 35.5. The molecule has 0 saturated carbocycles. The summed E-state index contributed by atoms with van der Waals surface area (Å²) in [4.78, 5) is 22.6. The van der Waals surface area contributed by atoms with Gasteiger partial charge in [-0.05, 0) is 12.5 Å². The van der Waals surface area contributed by atoms with E-state index in [-0.39, 0.29) is 17.3 Å². The molecule has 24 heavy (non-hydrogen) atoms. The average Bonchev–Trinajstić information content (AvgIpc) is 2.94. The fourth-order valence-electron chi connectivity index (χ4n) is 2.37. The highest BCUT2D eigenvalue weighted by Crippen LogP contribution is 2.26. The molecule has 0 atom stereocenters. The zero-order valence-corrected chi connectivity index (χ0v) is 13.1. The fourth-order valence-corrected chi connectivity index (χ4v) is 2.54. The van der Waals surface area contributed by atoms with E-state index in [9.17, 15) is 10.1 Å². The first-order valence-electron chi connectivity index (χ1n) is 6.88. The first-order chi connectivity index (χ1) is 11.5. The largest absolute Gasteiger partial charge is 0.384 e. The van der Waals surface area contributed by atoms with E-state index in [4.69, 9.17) is 23.1 Å². The molecular formula is C13H13ClN8O2. The summed E-state index contributed by atoms with van der Waals surface area (Å²) in [7, 11) is 0. The van der Waals surface area contributed by atoms with Gasteiger partial charge in [0.1, 0.15) is 16.6 Å². The van der Waals surface area contributed by atoms with Crippen molar-refractivity contribution in [2.45, 2.75) is 6.42 Å². The minimum atomic E-state index is -0.567. The van der Waals surface area contributed by atoms with E-state index in [0.29, 0.717) is 35.3 Å². The van der Waals surface area contributed by atoms with Crippen LogP contribution in [0, 0.1) is 10.1 Å². The maximum atomic E-state index is 11.2. The van der Waals surface area contributed by atoms with Crippen LogP contribution in [-0.4, -0.2) is 30.8 Å². The molecule has 10 nitrogen and oxygen atoms in total. The number of rotatable bonds is 5. The van der Waals surface area contributed by atoms with Gasteiger partial charge in [-0.2, -0.15) is 0 Å². The summed E-state index contributed by atoms with van der Waals surface area (Å²) in [5.74, 6) is 0.409. The van der Waals surface area contributed by atoms with Gasteiger partial charge in [-0.1, -0.05) is 11.6 Å². The molecule has 0 radical (unpaired) electrons. The summed E-state index contributed by atoms with van der Waals surface area (Å²) in [5.41, 5.74) is 12.0. The SMILES string of the molecule is Nc1cc(CCNc2nc(Cl)cc3nccn23)c([N+](=O)[O-])c(N)n1. The second-order valence-electron chi connectivity index (χ2n) is 4.93. The Morgan fingerprint density at radius 1 is 1.33 bits per heavy atom. The third-order valence-corrected chi connectivity index (χ3v) is 3.53. The lowest BCUT2D eigenvalue weighted by atomic mass is 10.1. The van der Waals surface area contributed by atoms with E-state index in [1.54, 1.807) is 22.9 Å². The van der Waals surface area contributed by atoms with Crippen LogP contribution in [0.3, 0.4) is 0 Å². The van der Waals surface area contributed by atoms with E-state index < -0.39 is 4.92 Å². The molecule has 0 aliphatic heterocycles. The van der Waals surface area contributed by atoms with Crippen molar-refractivity contribution in [3.63, 3.8) is 0 Å². The molecule has 3 aromatic heterocycles. The number of imidazole rings is 1. The Kier molecular flexibility index (Phi) is 4.04. The number of fused-ring (bicyclic) bond motifs is 1. The molecule has 0 aliphatic rings. The zero-order valence-electron chi connectivity index (χ0n) is 12.3. The van der Waals surface area contributed by atoms with Crippen molar-refractivity contribution in [2.75, 3.05) is 23.3 Å². The van der Waals surface area contributed by atoms with Gasteiger partial charge < -0.3 is 16.8 Å². The Morgan fingerprint density at radius 3 is 2.88 bits per heavy atom. The molecule has 0 saturated heterocycles.